The van der Waals surface area contributed by atoms with Gasteiger partial charge in [0, 0.05) is 21.9 Å². The van der Waals surface area contributed by atoms with Gasteiger partial charge in [0.25, 0.3) is 0 Å². The summed E-state index contributed by atoms with van der Waals surface area (Å²) < 4.78 is 0. The number of thioether (sulfide) groups is 1. The number of halogens is 1. The molecule has 1 heterocycles. The number of rotatable bonds is 3. The Labute approximate surface area is 104 Å². The van der Waals surface area contributed by atoms with E-state index in [1.54, 1.807) is 24.0 Å². The zero-order chi connectivity index (χ0) is 11.4. The fourth-order valence-electron chi connectivity index (χ4n) is 1.25. The van der Waals surface area contributed by atoms with Gasteiger partial charge < -0.3 is 5.73 Å². The number of benzene rings is 1. The summed E-state index contributed by atoms with van der Waals surface area (Å²) in [5.74, 6) is 1.38. The predicted molar refractivity (Wildman–Crippen MR) is 69.7 cm³/mol. The quantitative estimate of drug-likeness (QED) is 0.846. The van der Waals surface area contributed by atoms with Gasteiger partial charge in [-0.05, 0) is 23.8 Å². The number of hydrogen-bond acceptors (Lipinski definition) is 3. The van der Waals surface area contributed by atoms with Crippen LogP contribution in [0.3, 0.4) is 0 Å². The molecule has 2 nitrogen and oxygen atoms in total. The molecular weight excluding hydrogens is 240 g/mol. The molecule has 0 atom stereocenters. The summed E-state index contributed by atoms with van der Waals surface area (Å²) >= 11 is 7.76. The van der Waals surface area contributed by atoms with Crippen molar-refractivity contribution in [3.05, 3.63) is 53.2 Å². The van der Waals surface area contributed by atoms with Crippen LogP contribution in [0.1, 0.15) is 5.56 Å². The second-order valence-corrected chi connectivity index (χ2v) is 4.75. The summed E-state index contributed by atoms with van der Waals surface area (Å²) in [4.78, 5) is 5.13. The molecule has 2 aromatic rings. The largest absolute Gasteiger partial charge is 0.384 e. The number of nitrogens with two attached hydrogens (primary N) is 1. The fourth-order valence-corrected chi connectivity index (χ4v) is 2.40. The molecule has 4 heteroatoms. The lowest BCUT2D eigenvalue weighted by Crippen LogP contribution is -1.88. The van der Waals surface area contributed by atoms with Crippen LogP contribution in [0.15, 0.2) is 47.5 Å². The summed E-state index contributed by atoms with van der Waals surface area (Å²) in [6.45, 7) is 0. The van der Waals surface area contributed by atoms with Crippen molar-refractivity contribution >= 4 is 29.2 Å². The van der Waals surface area contributed by atoms with Crippen molar-refractivity contribution in [1.29, 1.82) is 0 Å². The molecule has 0 fully saturated rings. The van der Waals surface area contributed by atoms with Crippen LogP contribution in [0.25, 0.3) is 0 Å². The third-order valence-electron chi connectivity index (χ3n) is 2.11. The van der Waals surface area contributed by atoms with E-state index in [0.29, 0.717) is 5.82 Å². The van der Waals surface area contributed by atoms with E-state index in [0.717, 1.165) is 21.2 Å². The zero-order valence-electron chi connectivity index (χ0n) is 8.56. The van der Waals surface area contributed by atoms with Gasteiger partial charge in [0.1, 0.15) is 5.82 Å². The molecule has 82 valence electrons. The molecule has 1 aromatic heterocycles. The highest BCUT2D eigenvalue weighted by atomic mass is 35.5. The number of hydrogen-bond donors (Lipinski definition) is 1. The lowest BCUT2D eigenvalue weighted by atomic mass is 10.2. The Balaban J connectivity index is 2.02. The Morgan fingerprint density at radius 2 is 2.00 bits per heavy atom. The normalized spacial score (nSPS) is 10.3. The van der Waals surface area contributed by atoms with Crippen LogP contribution in [0.4, 0.5) is 5.82 Å². The SMILES string of the molecule is Nc1ccc(SCc2ccccc2Cl)cn1. The third-order valence-corrected chi connectivity index (χ3v) is 3.51. The molecule has 0 amide bonds. The second kappa shape index (κ2) is 5.23. The van der Waals surface area contributed by atoms with Gasteiger partial charge in [-0.2, -0.15) is 0 Å². The zero-order valence-corrected chi connectivity index (χ0v) is 10.1. The fraction of sp³-hybridized carbons (Fsp3) is 0.0833. The van der Waals surface area contributed by atoms with E-state index < -0.39 is 0 Å². The van der Waals surface area contributed by atoms with E-state index in [4.69, 9.17) is 17.3 Å². The van der Waals surface area contributed by atoms with Gasteiger partial charge in [-0.1, -0.05) is 29.8 Å². The Hall–Kier alpha value is -1.19. The Morgan fingerprint density at radius 3 is 2.69 bits per heavy atom. The van der Waals surface area contributed by atoms with Crippen molar-refractivity contribution in [2.75, 3.05) is 5.73 Å². The molecular formula is C12H11ClN2S. The maximum Gasteiger partial charge on any atom is 0.123 e. The molecule has 0 aliphatic rings. The Kier molecular flexibility index (Phi) is 3.70. The second-order valence-electron chi connectivity index (χ2n) is 3.30. The van der Waals surface area contributed by atoms with Crippen molar-refractivity contribution in [2.45, 2.75) is 10.6 Å². The van der Waals surface area contributed by atoms with E-state index in [-0.39, 0.29) is 0 Å². The lowest BCUT2D eigenvalue weighted by molar-refractivity contribution is 1.24. The molecule has 2 N–H and O–H groups in total. The van der Waals surface area contributed by atoms with Crippen molar-refractivity contribution < 1.29 is 0 Å². The standard InChI is InChI=1S/C12H11ClN2S/c13-11-4-2-1-3-9(11)8-16-10-5-6-12(14)15-7-10/h1-7H,8H2,(H2,14,15). The summed E-state index contributed by atoms with van der Waals surface area (Å²) in [5, 5.41) is 0.804. The molecule has 16 heavy (non-hydrogen) atoms. The van der Waals surface area contributed by atoms with Crippen LogP contribution in [-0.2, 0) is 5.75 Å². The minimum Gasteiger partial charge on any atom is -0.384 e. The van der Waals surface area contributed by atoms with Gasteiger partial charge in [0.15, 0.2) is 0 Å². The molecule has 0 unspecified atom stereocenters. The van der Waals surface area contributed by atoms with Crippen LogP contribution in [-0.4, -0.2) is 4.98 Å². The first kappa shape index (κ1) is 11.3. The molecule has 0 saturated carbocycles. The molecule has 2 rings (SSSR count). The summed E-state index contributed by atoms with van der Waals surface area (Å²) in [6, 6.07) is 11.6. The van der Waals surface area contributed by atoms with Crippen LogP contribution >= 0.6 is 23.4 Å². The number of anilines is 1. The van der Waals surface area contributed by atoms with Crippen LogP contribution in [0, 0.1) is 0 Å². The van der Waals surface area contributed by atoms with Crippen LogP contribution in [0.2, 0.25) is 5.02 Å². The molecule has 0 aliphatic heterocycles. The van der Waals surface area contributed by atoms with Crippen LogP contribution in [0.5, 0.6) is 0 Å². The van der Waals surface area contributed by atoms with E-state index in [2.05, 4.69) is 4.98 Å². The number of nitrogens with zero attached hydrogens (tertiary/aromatic N) is 1. The first-order valence-electron chi connectivity index (χ1n) is 4.83. The maximum absolute atomic E-state index is 6.07. The van der Waals surface area contributed by atoms with E-state index >= 15 is 0 Å². The van der Waals surface area contributed by atoms with Gasteiger partial charge in [0.2, 0.25) is 0 Å². The highest BCUT2D eigenvalue weighted by Gasteiger charge is 2.00. The monoisotopic (exact) mass is 250 g/mol. The van der Waals surface area contributed by atoms with E-state index in [9.17, 15) is 0 Å². The maximum atomic E-state index is 6.07. The lowest BCUT2D eigenvalue weighted by Gasteiger charge is -2.03. The minimum atomic E-state index is 0.544. The van der Waals surface area contributed by atoms with Gasteiger partial charge >= 0.3 is 0 Å². The first-order valence-corrected chi connectivity index (χ1v) is 6.20. The summed E-state index contributed by atoms with van der Waals surface area (Å²) in [5.41, 5.74) is 6.65. The highest BCUT2D eigenvalue weighted by Crippen LogP contribution is 2.26. The van der Waals surface area contributed by atoms with Crippen molar-refractivity contribution in [3.8, 4) is 0 Å². The molecule has 0 aliphatic carbocycles. The summed E-state index contributed by atoms with van der Waals surface area (Å²) in [6.07, 6.45) is 1.77. The van der Waals surface area contributed by atoms with Crippen molar-refractivity contribution in [2.24, 2.45) is 0 Å². The average Bonchev–Trinajstić information content (AvgIpc) is 2.30. The first-order chi connectivity index (χ1) is 7.75. The van der Waals surface area contributed by atoms with E-state index in [1.807, 2.05) is 30.3 Å². The molecule has 0 saturated heterocycles. The molecule has 0 bridgehead atoms. The Bertz CT molecular complexity index is 471. The average molecular weight is 251 g/mol. The van der Waals surface area contributed by atoms with Gasteiger partial charge in [-0.25, -0.2) is 4.98 Å². The molecule has 0 radical (unpaired) electrons. The highest BCUT2D eigenvalue weighted by molar-refractivity contribution is 7.98. The topological polar surface area (TPSA) is 38.9 Å². The smallest absolute Gasteiger partial charge is 0.123 e. The summed E-state index contributed by atoms with van der Waals surface area (Å²) in [7, 11) is 0. The van der Waals surface area contributed by atoms with Gasteiger partial charge in [0.05, 0.1) is 0 Å². The van der Waals surface area contributed by atoms with Gasteiger partial charge in [-0.15, -0.1) is 11.8 Å². The Morgan fingerprint density at radius 1 is 1.19 bits per heavy atom. The number of pyridine rings is 1. The number of aromatic nitrogens is 1. The predicted octanol–water partition coefficient (Wildman–Crippen LogP) is 3.61. The van der Waals surface area contributed by atoms with Crippen LogP contribution < -0.4 is 5.73 Å². The third kappa shape index (κ3) is 2.90. The van der Waals surface area contributed by atoms with Crippen molar-refractivity contribution in [1.82, 2.24) is 4.98 Å². The molecule has 0 spiro atoms. The molecule has 1 aromatic carbocycles. The number of nitrogen functional groups attached to an aromatic ring is 1. The minimum absolute atomic E-state index is 0.544. The van der Waals surface area contributed by atoms with E-state index in [1.165, 1.54) is 0 Å². The van der Waals surface area contributed by atoms with Gasteiger partial charge in [-0.3, -0.25) is 0 Å². The van der Waals surface area contributed by atoms with Crippen molar-refractivity contribution in [3.63, 3.8) is 0 Å².